The molecule has 112 valence electrons. The van der Waals surface area contributed by atoms with Crippen LogP contribution in [0.15, 0.2) is 42.5 Å². The van der Waals surface area contributed by atoms with Gasteiger partial charge in [-0.25, -0.2) is 0 Å². The van der Waals surface area contributed by atoms with E-state index in [0.717, 1.165) is 11.3 Å². The van der Waals surface area contributed by atoms with E-state index in [1.165, 1.54) is 5.56 Å². The molecule has 1 unspecified atom stereocenters. The lowest BCUT2D eigenvalue weighted by Gasteiger charge is -2.18. The molecule has 2 N–H and O–H groups in total. The van der Waals surface area contributed by atoms with Gasteiger partial charge in [-0.2, -0.15) is 0 Å². The molecule has 2 rings (SSSR count). The lowest BCUT2D eigenvalue weighted by atomic mass is 10.0. The number of anilines is 1. The quantitative estimate of drug-likeness (QED) is 0.837. The molecule has 0 fully saturated rings. The van der Waals surface area contributed by atoms with Crippen LogP contribution < -0.4 is 10.1 Å². The second kappa shape index (κ2) is 6.53. The second-order valence-corrected chi connectivity index (χ2v) is 5.57. The van der Waals surface area contributed by atoms with Crippen LogP contribution in [0.1, 0.15) is 43.9 Å². The molecule has 3 nitrogen and oxygen atoms in total. The first kappa shape index (κ1) is 15.2. The molecule has 0 aromatic heterocycles. The fourth-order valence-electron chi connectivity index (χ4n) is 2.31. The van der Waals surface area contributed by atoms with Crippen molar-refractivity contribution < 1.29 is 9.84 Å². The van der Waals surface area contributed by atoms with E-state index in [4.69, 9.17) is 4.74 Å². The zero-order valence-corrected chi connectivity index (χ0v) is 13.1. The van der Waals surface area contributed by atoms with Crippen LogP contribution in [-0.2, 0) is 0 Å². The van der Waals surface area contributed by atoms with Gasteiger partial charge >= 0.3 is 0 Å². The van der Waals surface area contributed by atoms with Gasteiger partial charge in [0.1, 0.15) is 11.5 Å². The Balaban J connectivity index is 2.12. The van der Waals surface area contributed by atoms with Gasteiger partial charge in [-0.15, -0.1) is 0 Å². The van der Waals surface area contributed by atoms with E-state index in [-0.39, 0.29) is 11.8 Å². The average Bonchev–Trinajstić information content (AvgIpc) is 2.47. The minimum Gasteiger partial charge on any atom is -0.507 e. The number of phenolic OH excluding ortho intramolecular Hbond substituents is 1. The first-order chi connectivity index (χ1) is 10.0. The summed E-state index contributed by atoms with van der Waals surface area (Å²) in [5.74, 6) is 1.43. The molecule has 0 aliphatic carbocycles. The van der Waals surface area contributed by atoms with Crippen molar-refractivity contribution in [2.24, 2.45) is 0 Å². The predicted octanol–water partition coefficient (Wildman–Crippen LogP) is 4.70. The van der Waals surface area contributed by atoms with Crippen molar-refractivity contribution in [1.29, 1.82) is 0 Å². The fraction of sp³-hybridized carbons (Fsp3) is 0.333. The van der Waals surface area contributed by atoms with Gasteiger partial charge in [-0.1, -0.05) is 26.0 Å². The van der Waals surface area contributed by atoms with Crippen LogP contribution in [0, 0.1) is 0 Å². The summed E-state index contributed by atoms with van der Waals surface area (Å²) in [7, 11) is 1.59. The van der Waals surface area contributed by atoms with Crippen LogP contribution in [-0.4, -0.2) is 12.2 Å². The minimum absolute atomic E-state index is 0.0146. The van der Waals surface area contributed by atoms with Crippen LogP contribution in [0.5, 0.6) is 11.5 Å². The van der Waals surface area contributed by atoms with Gasteiger partial charge in [0.2, 0.25) is 0 Å². The third-order valence-corrected chi connectivity index (χ3v) is 3.66. The van der Waals surface area contributed by atoms with E-state index in [1.807, 2.05) is 19.1 Å². The van der Waals surface area contributed by atoms with Crippen molar-refractivity contribution in [2.75, 3.05) is 12.4 Å². The normalized spacial score (nSPS) is 12.2. The van der Waals surface area contributed by atoms with Gasteiger partial charge in [0.05, 0.1) is 13.2 Å². The highest BCUT2D eigenvalue weighted by Gasteiger charge is 2.11. The maximum absolute atomic E-state index is 10.1. The van der Waals surface area contributed by atoms with E-state index in [9.17, 15) is 5.11 Å². The number of hydrogen-bond donors (Lipinski definition) is 2. The van der Waals surface area contributed by atoms with Gasteiger partial charge in [0.15, 0.2) is 0 Å². The maximum atomic E-state index is 10.1. The first-order valence-electron chi connectivity index (χ1n) is 7.24. The largest absolute Gasteiger partial charge is 0.507 e. The number of aromatic hydroxyl groups is 1. The second-order valence-electron chi connectivity index (χ2n) is 5.57. The average molecular weight is 285 g/mol. The summed E-state index contributed by atoms with van der Waals surface area (Å²) in [6.45, 7) is 6.39. The minimum atomic E-state index is 0.0146. The van der Waals surface area contributed by atoms with Crippen LogP contribution in [0.2, 0.25) is 0 Å². The number of rotatable bonds is 5. The lowest BCUT2D eigenvalue weighted by molar-refractivity contribution is 0.406. The van der Waals surface area contributed by atoms with E-state index < -0.39 is 0 Å². The summed E-state index contributed by atoms with van der Waals surface area (Å²) >= 11 is 0. The fourth-order valence-corrected chi connectivity index (χ4v) is 2.31. The molecule has 0 radical (unpaired) electrons. The topological polar surface area (TPSA) is 41.5 Å². The molecule has 0 aliphatic heterocycles. The highest BCUT2D eigenvalue weighted by atomic mass is 16.5. The Bertz CT molecular complexity index is 591. The molecular formula is C18H23NO2. The number of ether oxygens (including phenoxy) is 1. The number of methoxy groups -OCH3 is 1. The Morgan fingerprint density at radius 2 is 1.67 bits per heavy atom. The molecule has 0 aliphatic rings. The molecule has 0 spiro atoms. The Kier molecular flexibility index (Phi) is 4.73. The maximum Gasteiger partial charge on any atom is 0.124 e. The molecular weight excluding hydrogens is 262 g/mol. The van der Waals surface area contributed by atoms with Crippen molar-refractivity contribution in [3.05, 3.63) is 53.6 Å². The van der Waals surface area contributed by atoms with Crippen molar-refractivity contribution in [1.82, 2.24) is 0 Å². The molecule has 0 bridgehead atoms. The Morgan fingerprint density at radius 3 is 2.19 bits per heavy atom. The third kappa shape index (κ3) is 3.69. The van der Waals surface area contributed by atoms with E-state index in [1.54, 1.807) is 13.2 Å². The van der Waals surface area contributed by atoms with E-state index >= 15 is 0 Å². The Hall–Kier alpha value is -2.16. The molecule has 1 atom stereocenters. The number of phenols is 1. The highest BCUT2D eigenvalue weighted by molar-refractivity contribution is 5.50. The predicted molar refractivity (Wildman–Crippen MR) is 87.2 cm³/mol. The molecule has 0 saturated carbocycles. The van der Waals surface area contributed by atoms with Crippen LogP contribution >= 0.6 is 0 Å². The van der Waals surface area contributed by atoms with E-state index in [2.05, 4.69) is 43.4 Å². The summed E-state index contributed by atoms with van der Waals surface area (Å²) in [4.78, 5) is 0. The van der Waals surface area contributed by atoms with Gasteiger partial charge < -0.3 is 15.2 Å². The number of nitrogens with one attached hydrogen (secondary N) is 1. The van der Waals surface area contributed by atoms with Gasteiger partial charge in [0.25, 0.3) is 0 Å². The summed E-state index contributed by atoms with van der Waals surface area (Å²) in [5.41, 5.74) is 3.21. The summed E-state index contributed by atoms with van der Waals surface area (Å²) in [6, 6.07) is 13.8. The first-order valence-corrected chi connectivity index (χ1v) is 7.24. The van der Waals surface area contributed by atoms with Crippen molar-refractivity contribution in [3.63, 3.8) is 0 Å². The standard InChI is InChI=1S/C18H23NO2/c1-12(2)14-5-7-15(8-6-14)19-13(3)17-10-9-16(21-4)11-18(17)20/h5-13,19-20H,1-4H3. The smallest absolute Gasteiger partial charge is 0.124 e. The molecule has 2 aromatic rings. The van der Waals surface area contributed by atoms with Crippen molar-refractivity contribution in [2.45, 2.75) is 32.7 Å². The molecule has 2 aromatic carbocycles. The SMILES string of the molecule is COc1ccc(C(C)Nc2ccc(C(C)C)cc2)c(O)c1. The summed E-state index contributed by atoms with van der Waals surface area (Å²) in [5, 5.41) is 13.5. The molecule has 21 heavy (non-hydrogen) atoms. The van der Waals surface area contributed by atoms with E-state index in [0.29, 0.717) is 11.7 Å². The molecule has 3 heteroatoms. The number of benzene rings is 2. The third-order valence-electron chi connectivity index (χ3n) is 3.66. The lowest BCUT2D eigenvalue weighted by Crippen LogP contribution is -2.07. The zero-order valence-electron chi connectivity index (χ0n) is 13.1. The van der Waals surface area contributed by atoms with Crippen molar-refractivity contribution >= 4 is 5.69 Å². The Morgan fingerprint density at radius 1 is 1.00 bits per heavy atom. The highest BCUT2D eigenvalue weighted by Crippen LogP contribution is 2.30. The summed E-state index contributed by atoms with van der Waals surface area (Å²) in [6.07, 6.45) is 0. The van der Waals surface area contributed by atoms with Gasteiger partial charge in [-0.05, 0) is 42.7 Å². The Labute approximate surface area is 126 Å². The molecule has 0 saturated heterocycles. The van der Waals surface area contributed by atoms with Gasteiger partial charge in [-0.3, -0.25) is 0 Å². The summed E-state index contributed by atoms with van der Waals surface area (Å²) < 4.78 is 5.10. The molecule has 0 heterocycles. The van der Waals surface area contributed by atoms with Gasteiger partial charge in [0, 0.05) is 17.3 Å². The number of hydrogen-bond acceptors (Lipinski definition) is 3. The van der Waals surface area contributed by atoms with Crippen molar-refractivity contribution in [3.8, 4) is 11.5 Å². The monoisotopic (exact) mass is 285 g/mol. The van der Waals surface area contributed by atoms with Crippen LogP contribution in [0.25, 0.3) is 0 Å². The van der Waals surface area contributed by atoms with Crippen LogP contribution in [0.3, 0.4) is 0 Å². The zero-order chi connectivity index (χ0) is 15.4. The molecule has 0 amide bonds. The van der Waals surface area contributed by atoms with Crippen LogP contribution in [0.4, 0.5) is 5.69 Å².